The number of benzene rings is 1. The topological polar surface area (TPSA) is 56.8 Å². The Kier molecular flexibility index (Phi) is 5.83. The van der Waals surface area contributed by atoms with Gasteiger partial charge in [0.2, 0.25) is 0 Å². The van der Waals surface area contributed by atoms with Crippen LogP contribution in [0.3, 0.4) is 0 Å². The van der Waals surface area contributed by atoms with Crippen LogP contribution in [0.5, 0.6) is 5.75 Å². The number of hydrogen-bond acceptors (Lipinski definition) is 4. The number of carbonyl (C=O) groups is 1. The van der Waals surface area contributed by atoms with Gasteiger partial charge in [-0.3, -0.25) is 4.79 Å². The highest BCUT2D eigenvalue weighted by Crippen LogP contribution is 2.17. The second kappa shape index (κ2) is 7.87. The molecule has 1 heterocycles. The van der Waals surface area contributed by atoms with Crippen LogP contribution < -0.4 is 10.1 Å². The second-order valence-electron chi connectivity index (χ2n) is 4.72. The zero-order valence-electron chi connectivity index (χ0n) is 11.8. The molecule has 20 heavy (non-hydrogen) atoms. The van der Waals surface area contributed by atoms with Crippen molar-refractivity contribution in [3.05, 3.63) is 29.8 Å². The zero-order chi connectivity index (χ0) is 14.2. The van der Waals surface area contributed by atoms with E-state index in [0.717, 1.165) is 19.4 Å². The van der Waals surface area contributed by atoms with Gasteiger partial charge in [0, 0.05) is 25.8 Å². The second-order valence-corrected chi connectivity index (χ2v) is 4.72. The summed E-state index contributed by atoms with van der Waals surface area (Å²) in [6, 6.07) is 7.18. The fourth-order valence-corrected chi connectivity index (χ4v) is 2.06. The quantitative estimate of drug-likeness (QED) is 0.771. The van der Waals surface area contributed by atoms with Gasteiger partial charge in [0.1, 0.15) is 12.4 Å². The average molecular weight is 279 g/mol. The molecule has 0 aliphatic carbocycles. The normalized spacial score (nSPS) is 17.9. The molecule has 0 spiro atoms. The summed E-state index contributed by atoms with van der Waals surface area (Å²) in [6.45, 7) is 2.35. The summed E-state index contributed by atoms with van der Waals surface area (Å²) in [5.41, 5.74) is 0.589. The minimum Gasteiger partial charge on any atom is -0.491 e. The highest BCUT2D eigenvalue weighted by Gasteiger charge is 2.16. The Labute approximate surface area is 119 Å². The van der Waals surface area contributed by atoms with Crippen LogP contribution in [0.25, 0.3) is 0 Å². The maximum atomic E-state index is 11.9. The van der Waals surface area contributed by atoms with Gasteiger partial charge in [0.25, 0.3) is 5.91 Å². The summed E-state index contributed by atoms with van der Waals surface area (Å²) in [4.78, 5) is 11.9. The predicted octanol–water partition coefficient (Wildman–Crippen LogP) is 1.62. The summed E-state index contributed by atoms with van der Waals surface area (Å²) in [7, 11) is 1.60. The van der Waals surface area contributed by atoms with Crippen molar-refractivity contribution in [3.8, 4) is 5.75 Å². The summed E-state index contributed by atoms with van der Waals surface area (Å²) in [5, 5.41) is 2.78. The Bertz CT molecular complexity index is 430. The number of methoxy groups -OCH3 is 1. The van der Waals surface area contributed by atoms with Crippen LogP contribution in [-0.2, 0) is 9.47 Å². The Hall–Kier alpha value is -1.59. The summed E-state index contributed by atoms with van der Waals surface area (Å²) >= 11 is 0. The van der Waals surface area contributed by atoms with Crippen molar-refractivity contribution in [2.75, 3.05) is 33.5 Å². The van der Waals surface area contributed by atoms with E-state index in [2.05, 4.69) is 5.32 Å². The van der Waals surface area contributed by atoms with E-state index in [1.54, 1.807) is 19.2 Å². The van der Waals surface area contributed by atoms with Crippen LogP contribution in [0, 0.1) is 0 Å². The van der Waals surface area contributed by atoms with Crippen LogP contribution in [-0.4, -0.2) is 45.5 Å². The molecule has 0 unspecified atom stereocenters. The third kappa shape index (κ3) is 4.51. The third-order valence-corrected chi connectivity index (χ3v) is 3.15. The smallest absolute Gasteiger partial charge is 0.251 e. The first-order chi connectivity index (χ1) is 9.79. The summed E-state index contributed by atoms with van der Waals surface area (Å²) in [6.07, 6.45) is 2.31. The molecule has 110 valence electrons. The van der Waals surface area contributed by atoms with Gasteiger partial charge in [0.05, 0.1) is 12.7 Å². The number of carbonyl (C=O) groups excluding carboxylic acids is 1. The molecular weight excluding hydrogens is 258 g/mol. The molecule has 5 heteroatoms. The molecule has 1 aromatic rings. The Morgan fingerprint density at radius 1 is 1.50 bits per heavy atom. The van der Waals surface area contributed by atoms with Crippen molar-refractivity contribution in [2.24, 2.45) is 0 Å². The Balaban J connectivity index is 1.84. The molecule has 0 bridgehead atoms. The minimum absolute atomic E-state index is 0.121. The van der Waals surface area contributed by atoms with E-state index in [1.165, 1.54) is 0 Å². The van der Waals surface area contributed by atoms with Crippen molar-refractivity contribution in [1.29, 1.82) is 0 Å². The molecule has 1 aliphatic rings. The van der Waals surface area contributed by atoms with Gasteiger partial charge in [-0.05, 0) is 31.0 Å². The Morgan fingerprint density at radius 3 is 3.15 bits per heavy atom. The minimum atomic E-state index is -0.121. The van der Waals surface area contributed by atoms with Crippen LogP contribution in [0.2, 0.25) is 0 Å². The van der Waals surface area contributed by atoms with Gasteiger partial charge in [-0.15, -0.1) is 0 Å². The van der Waals surface area contributed by atoms with Crippen molar-refractivity contribution in [2.45, 2.75) is 18.9 Å². The van der Waals surface area contributed by atoms with E-state index >= 15 is 0 Å². The van der Waals surface area contributed by atoms with Gasteiger partial charge >= 0.3 is 0 Å². The number of hydrogen-bond donors (Lipinski definition) is 1. The molecule has 0 aromatic heterocycles. The molecular formula is C15H21NO4. The Morgan fingerprint density at radius 2 is 2.40 bits per heavy atom. The molecule has 2 rings (SSSR count). The van der Waals surface area contributed by atoms with E-state index in [4.69, 9.17) is 14.2 Å². The molecule has 1 saturated heterocycles. The molecule has 1 aromatic carbocycles. The lowest BCUT2D eigenvalue weighted by molar-refractivity contribution is 0.0679. The van der Waals surface area contributed by atoms with Gasteiger partial charge in [-0.1, -0.05) is 6.07 Å². The van der Waals surface area contributed by atoms with Crippen molar-refractivity contribution in [1.82, 2.24) is 5.32 Å². The molecule has 0 saturated carbocycles. The lowest BCUT2D eigenvalue weighted by atomic mass is 10.2. The maximum absolute atomic E-state index is 11.9. The predicted molar refractivity (Wildman–Crippen MR) is 75.1 cm³/mol. The fraction of sp³-hybridized carbons (Fsp3) is 0.533. The van der Waals surface area contributed by atoms with Crippen LogP contribution in [0.4, 0.5) is 0 Å². The SMILES string of the molecule is COCCNC(=O)c1cccc(OC[C@@H]2CCCO2)c1. The highest BCUT2D eigenvalue weighted by atomic mass is 16.5. The van der Waals surface area contributed by atoms with Gasteiger partial charge < -0.3 is 19.5 Å². The lowest BCUT2D eigenvalue weighted by Gasteiger charge is -2.12. The monoisotopic (exact) mass is 279 g/mol. The molecule has 1 N–H and O–H groups in total. The highest BCUT2D eigenvalue weighted by molar-refractivity contribution is 5.94. The molecule has 0 radical (unpaired) electrons. The number of amides is 1. The number of ether oxygens (including phenoxy) is 3. The number of nitrogens with one attached hydrogen (secondary N) is 1. The molecule has 1 amide bonds. The zero-order valence-corrected chi connectivity index (χ0v) is 11.8. The molecule has 1 fully saturated rings. The fourth-order valence-electron chi connectivity index (χ4n) is 2.06. The van der Waals surface area contributed by atoms with E-state index in [-0.39, 0.29) is 12.0 Å². The van der Waals surface area contributed by atoms with Gasteiger partial charge in [0.15, 0.2) is 0 Å². The van der Waals surface area contributed by atoms with Crippen molar-refractivity contribution >= 4 is 5.91 Å². The van der Waals surface area contributed by atoms with E-state index in [9.17, 15) is 4.79 Å². The average Bonchev–Trinajstić information content (AvgIpc) is 2.99. The van der Waals surface area contributed by atoms with Crippen molar-refractivity contribution < 1.29 is 19.0 Å². The van der Waals surface area contributed by atoms with Crippen molar-refractivity contribution in [3.63, 3.8) is 0 Å². The van der Waals surface area contributed by atoms with E-state index < -0.39 is 0 Å². The third-order valence-electron chi connectivity index (χ3n) is 3.15. The first-order valence-electron chi connectivity index (χ1n) is 6.91. The summed E-state index contributed by atoms with van der Waals surface area (Å²) in [5.74, 6) is 0.574. The van der Waals surface area contributed by atoms with Gasteiger partial charge in [-0.25, -0.2) is 0 Å². The van der Waals surface area contributed by atoms with Crippen LogP contribution in [0.15, 0.2) is 24.3 Å². The van der Waals surface area contributed by atoms with E-state index in [0.29, 0.717) is 31.1 Å². The molecule has 5 nitrogen and oxygen atoms in total. The summed E-state index contributed by atoms with van der Waals surface area (Å²) < 4.78 is 16.1. The first-order valence-corrected chi connectivity index (χ1v) is 6.91. The van der Waals surface area contributed by atoms with Crippen LogP contribution in [0.1, 0.15) is 23.2 Å². The van der Waals surface area contributed by atoms with Crippen LogP contribution >= 0.6 is 0 Å². The largest absolute Gasteiger partial charge is 0.491 e. The standard InChI is InChI=1S/C15H21NO4/c1-18-9-7-16-15(17)12-4-2-5-13(10-12)20-11-14-6-3-8-19-14/h2,4-5,10,14H,3,6-9,11H2,1H3,(H,16,17)/t14-/m0/s1. The van der Waals surface area contributed by atoms with E-state index in [1.807, 2.05) is 12.1 Å². The maximum Gasteiger partial charge on any atom is 0.251 e. The number of rotatable bonds is 7. The lowest BCUT2D eigenvalue weighted by Crippen LogP contribution is -2.26. The van der Waals surface area contributed by atoms with Gasteiger partial charge in [-0.2, -0.15) is 0 Å². The first kappa shape index (κ1) is 14.8. The molecule has 1 aliphatic heterocycles. The molecule has 1 atom stereocenters.